The molecule has 98 valence electrons. The predicted molar refractivity (Wildman–Crippen MR) is 78.7 cm³/mol. The Morgan fingerprint density at radius 2 is 2.05 bits per heavy atom. The fourth-order valence-corrected chi connectivity index (χ4v) is 2.72. The number of ether oxygens (including phenoxy) is 1. The highest BCUT2D eigenvalue weighted by Gasteiger charge is 2.24. The summed E-state index contributed by atoms with van der Waals surface area (Å²) < 4.78 is 6.11. The van der Waals surface area contributed by atoms with Gasteiger partial charge in [-0.25, -0.2) is 0 Å². The van der Waals surface area contributed by atoms with Gasteiger partial charge in [0.25, 0.3) is 0 Å². The van der Waals surface area contributed by atoms with Crippen molar-refractivity contribution < 1.29 is 4.74 Å². The molecule has 0 amide bonds. The van der Waals surface area contributed by atoms with Crippen molar-refractivity contribution in [3.63, 3.8) is 0 Å². The number of nitrogens with one attached hydrogen (secondary N) is 1. The van der Waals surface area contributed by atoms with Crippen LogP contribution < -0.4 is 10.1 Å². The van der Waals surface area contributed by atoms with E-state index >= 15 is 0 Å². The van der Waals surface area contributed by atoms with E-state index in [1.54, 1.807) is 0 Å². The maximum absolute atomic E-state index is 6.11. The molecular formula is C17H19NO. The SMILES string of the molecule is CNC[C@@H]1Cc2cccc(-c3cccc(C)c3)c2O1. The molecule has 0 saturated carbocycles. The third kappa shape index (κ3) is 2.36. The fourth-order valence-electron chi connectivity index (χ4n) is 2.72. The van der Waals surface area contributed by atoms with E-state index in [9.17, 15) is 0 Å². The van der Waals surface area contributed by atoms with Gasteiger partial charge in [0.05, 0.1) is 0 Å². The molecule has 0 fully saturated rings. The average Bonchev–Trinajstić information content (AvgIpc) is 2.81. The second-order valence-electron chi connectivity index (χ2n) is 5.16. The van der Waals surface area contributed by atoms with E-state index in [0.717, 1.165) is 18.7 Å². The Morgan fingerprint density at radius 3 is 2.84 bits per heavy atom. The zero-order chi connectivity index (χ0) is 13.2. The van der Waals surface area contributed by atoms with Crippen LogP contribution in [0, 0.1) is 6.92 Å². The lowest BCUT2D eigenvalue weighted by molar-refractivity contribution is 0.232. The lowest BCUT2D eigenvalue weighted by atomic mass is 9.99. The minimum atomic E-state index is 0.256. The van der Waals surface area contributed by atoms with E-state index < -0.39 is 0 Å². The van der Waals surface area contributed by atoms with Gasteiger partial charge in [-0.3, -0.25) is 0 Å². The molecule has 1 heterocycles. The number of benzene rings is 2. The molecule has 1 aliphatic rings. The van der Waals surface area contributed by atoms with Gasteiger partial charge in [0, 0.05) is 18.5 Å². The maximum Gasteiger partial charge on any atom is 0.130 e. The summed E-state index contributed by atoms with van der Waals surface area (Å²) in [5.41, 5.74) is 5.04. The first kappa shape index (κ1) is 12.2. The van der Waals surface area contributed by atoms with Crippen LogP contribution in [-0.4, -0.2) is 19.7 Å². The number of para-hydroxylation sites is 1. The van der Waals surface area contributed by atoms with Crippen molar-refractivity contribution in [3.05, 3.63) is 53.6 Å². The van der Waals surface area contributed by atoms with Gasteiger partial charge in [-0.2, -0.15) is 0 Å². The molecule has 2 aromatic carbocycles. The normalized spacial score (nSPS) is 17.1. The van der Waals surface area contributed by atoms with Crippen LogP contribution in [0.25, 0.3) is 11.1 Å². The second kappa shape index (κ2) is 5.06. The Morgan fingerprint density at radius 1 is 1.21 bits per heavy atom. The van der Waals surface area contributed by atoms with Crippen LogP contribution in [0.2, 0.25) is 0 Å². The van der Waals surface area contributed by atoms with E-state index in [4.69, 9.17) is 4.74 Å². The van der Waals surface area contributed by atoms with Crippen molar-refractivity contribution in [3.8, 4) is 16.9 Å². The fraction of sp³-hybridized carbons (Fsp3) is 0.294. The Balaban J connectivity index is 2.00. The van der Waals surface area contributed by atoms with E-state index in [1.807, 2.05) is 7.05 Å². The topological polar surface area (TPSA) is 21.3 Å². The van der Waals surface area contributed by atoms with Gasteiger partial charge in [0.1, 0.15) is 11.9 Å². The van der Waals surface area contributed by atoms with Crippen LogP contribution in [0.3, 0.4) is 0 Å². The summed E-state index contributed by atoms with van der Waals surface area (Å²) in [7, 11) is 1.97. The standard InChI is InChI=1S/C17H19NO/c1-12-5-3-6-13(9-12)16-8-4-7-14-10-15(11-18-2)19-17(14)16/h3-9,15,18H,10-11H2,1-2H3/t15-/m0/s1. The molecule has 0 aliphatic carbocycles. The molecule has 2 nitrogen and oxygen atoms in total. The monoisotopic (exact) mass is 253 g/mol. The van der Waals surface area contributed by atoms with Crippen LogP contribution in [0.15, 0.2) is 42.5 Å². The maximum atomic E-state index is 6.11. The van der Waals surface area contributed by atoms with Gasteiger partial charge < -0.3 is 10.1 Å². The summed E-state index contributed by atoms with van der Waals surface area (Å²) in [4.78, 5) is 0. The minimum absolute atomic E-state index is 0.256. The Bertz CT molecular complexity index is 592. The first-order chi connectivity index (χ1) is 9.28. The first-order valence-corrected chi connectivity index (χ1v) is 6.78. The number of aryl methyl sites for hydroxylation is 1. The Labute approximate surface area is 114 Å². The molecule has 1 N–H and O–H groups in total. The van der Waals surface area contributed by atoms with Crippen LogP contribution in [0.1, 0.15) is 11.1 Å². The molecule has 3 rings (SSSR count). The average molecular weight is 253 g/mol. The number of rotatable bonds is 3. The molecule has 0 spiro atoms. The van der Waals surface area contributed by atoms with Crippen molar-refractivity contribution in [1.82, 2.24) is 5.32 Å². The molecule has 1 atom stereocenters. The van der Waals surface area contributed by atoms with Crippen molar-refractivity contribution in [2.45, 2.75) is 19.4 Å². The molecule has 2 heteroatoms. The Hall–Kier alpha value is -1.80. The van der Waals surface area contributed by atoms with Crippen LogP contribution in [-0.2, 0) is 6.42 Å². The van der Waals surface area contributed by atoms with E-state index in [1.165, 1.54) is 22.3 Å². The van der Waals surface area contributed by atoms with E-state index in [-0.39, 0.29) is 6.10 Å². The third-order valence-electron chi connectivity index (χ3n) is 3.59. The second-order valence-corrected chi connectivity index (χ2v) is 5.16. The number of fused-ring (bicyclic) bond motifs is 1. The largest absolute Gasteiger partial charge is 0.488 e. The highest BCUT2D eigenvalue weighted by atomic mass is 16.5. The quantitative estimate of drug-likeness (QED) is 0.907. The molecule has 0 bridgehead atoms. The summed E-state index contributed by atoms with van der Waals surface area (Å²) in [6.07, 6.45) is 1.25. The molecule has 0 saturated heterocycles. The molecular weight excluding hydrogens is 234 g/mol. The van der Waals surface area contributed by atoms with Gasteiger partial charge in [0.2, 0.25) is 0 Å². The zero-order valence-corrected chi connectivity index (χ0v) is 11.4. The minimum Gasteiger partial charge on any atom is -0.488 e. The van der Waals surface area contributed by atoms with E-state index in [0.29, 0.717) is 0 Å². The van der Waals surface area contributed by atoms with Gasteiger partial charge in [-0.15, -0.1) is 0 Å². The Kier molecular flexibility index (Phi) is 3.26. The van der Waals surface area contributed by atoms with E-state index in [2.05, 4.69) is 54.7 Å². The van der Waals surface area contributed by atoms with Gasteiger partial charge in [-0.1, -0.05) is 48.0 Å². The summed E-state index contributed by atoms with van der Waals surface area (Å²) >= 11 is 0. The summed E-state index contributed by atoms with van der Waals surface area (Å²) in [5.74, 6) is 1.06. The van der Waals surface area contributed by atoms with Gasteiger partial charge in [0.15, 0.2) is 0 Å². The number of likely N-dealkylation sites (N-methyl/N-ethyl adjacent to an activating group) is 1. The molecule has 0 radical (unpaired) electrons. The van der Waals surface area contributed by atoms with Crippen molar-refractivity contribution >= 4 is 0 Å². The lowest BCUT2D eigenvalue weighted by Crippen LogP contribution is -2.27. The van der Waals surface area contributed by atoms with Gasteiger partial charge >= 0.3 is 0 Å². The van der Waals surface area contributed by atoms with Crippen molar-refractivity contribution in [2.24, 2.45) is 0 Å². The molecule has 2 aromatic rings. The number of hydrogen-bond donors (Lipinski definition) is 1. The highest BCUT2D eigenvalue weighted by Crippen LogP contribution is 2.38. The summed E-state index contributed by atoms with van der Waals surface area (Å²) in [5, 5.41) is 3.19. The van der Waals surface area contributed by atoms with Crippen molar-refractivity contribution in [1.29, 1.82) is 0 Å². The third-order valence-corrected chi connectivity index (χ3v) is 3.59. The smallest absolute Gasteiger partial charge is 0.130 e. The molecule has 19 heavy (non-hydrogen) atoms. The molecule has 1 aliphatic heterocycles. The van der Waals surface area contributed by atoms with Crippen LogP contribution in [0.4, 0.5) is 0 Å². The van der Waals surface area contributed by atoms with Crippen LogP contribution in [0.5, 0.6) is 5.75 Å². The summed E-state index contributed by atoms with van der Waals surface area (Å²) in [6.45, 7) is 3.01. The zero-order valence-electron chi connectivity index (χ0n) is 11.4. The lowest BCUT2D eigenvalue weighted by Gasteiger charge is -2.12. The number of hydrogen-bond acceptors (Lipinski definition) is 2. The van der Waals surface area contributed by atoms with Gasteiger partial charge in [-0.05, 0) is 25.1 Å². The highest BCUT2D eigenvalue weighted by molar-refractivity contribution is 5.73. The molecule has 0 unspecified atom stereocenters. The molecule has 0 aromatic heterocycles. The van der Waals surface area contributed by atoms with Crippen LogP contribution >= 0.6 is 0 Å². The predicted octanol–water partition coefficient (Wildman–Crippen LogP) is 3.18. The first-order valence-electron chi connectivity index (χ1n) is 6.78. The van der Waals surface area contributed by atoms with Crippen molar-refractivity contribution in [2.75, 3.05) is 13.6 Å². The summed E-state index contributed by atoms with van der Waals surface area (Å²) in [6, 6.07) is 15.0.